The Labute approximate surface area is 149 Å². The van der Waals surface area contributed by atoms with Crippen LogP contribution < -0.4 is 0 Å². The van der Waals surface area contributed by atoms with Crippen LogP contribution in [0.3, 0.4) is 0 Å². The standard InChI is InChI=1S/C16H27NO7S/c1-4-12-23-15(18)8-9-16(19)24-13-11-17(5-2,6-3)10-7-14-25(20,21)22/h4,8-9H,1,5-7,10-14H2,2-3H3/p+1. The highest BCUT2D eigenvalue weighted by molar-refractivity contribution is 7.85. The molecule has 0 spiro atoms. The van der Waals surface area contributed by atoms with E-state index >= 15 is 0 Å². The maximum absolute atomic E-state index is 11.6. The van der Waals surface area contributed by atoms with E-state index in [-0.39, 0.29) is 19.0 Å². The van der Waals surface area contributed by atoms with E-state index in [1.807, 2.05) is 13.8 Å². The van der Waals surface area contributed by atoms with Gasteiger partial charge >= 0.3 is 11.9 Å². The van der Waals surface area contributed by atoms with Crippen molar-refractivity contribution in [2.75, 3.05) is 45.1 Å². The average Bonchev–Trinajstić information content (AvgIpc) is 2.55. The Kier molecular flexibility index (Phi) is 11.0. The Morgan fingerprint density at radius 3 is 2.12 bits per heavy atom. The summed E-state index contributed by atoms with van der Waals surface area (Å²) in [5, 5.41) is 0. The number of carbonyl (C=O) groups is 2. The summed E-state index contributed by atoms with van der Waals surface area (Å²) < 4.78 is 40.8. The van der Waals surface area contributed by atoms with Crippen LogP contribution in [-0.2, 0) is 29.2 Å². The summed E-state index contributed by atoms with van der Waals surface area (Å²) in [6.07, 6.45) is 3.72. The molecule has 0 rings (SSSR count). The normalized spacial score (nSPS) is 12.1. The molecule has 0 unspecified atom stereocenters. The summed E-state index contributed by atoms with van der Waals surface area (Å²) in [7, 11) is -3.97. The summed E-state index contributed by atoms with van der Waals surface area (Å²) >= 11 is 0. The van der Waals surface area contributed by atoms with Crippen molar-refractivity contribution in [3.8, 4) is 0 Å². The molecule has 144 valence electrons. The van der Waals surface area contributed by atoms with E-state index in [4.69, 9.17) is 9.29 Å². The lowest BCUT2D eigenvalue weighted by molar-refractivity contribution is -0.925. The van der Waals surface area contributed by atoms with Gasteiger partial charge in [-0.3, -0.25) is 4.55 Å². The SMILES string of the molecule is C=CCOC(=O)C=CC(=O)OCC[N+](CC)(CC)CCCS(=O)(=O)O. The summed E-state index contributed by atoms with van der Waals surface area (Å²) in [6.45, 7) is 10.1. The number of rotatable bonds is 13. The van der Waals surface area contributed by atoms with E-state index in [0.29, 0.717) is 24.0 Å². The summed E-state index contributed by atoms with van der Waals surface area (Å²) in [5.41, 5.74) is 0. The highest BCUT2D eigenvalue weighted by Gasteiger charge is 2.24. The quantitative estimate of drug-likeness (QED) is 0.167. The summed E-state index contributed by atoms with van der Waals surface area (Å²) in [5.74, 6) is -1.60. The van der Waals surface area contributed by atoms with Gasteiger partial charge in [-0.1, -0.05) is 12.7 Å². The number of hydrogen-bond acceptors (Lipinski definition) is 6. The third-order valence-electron chi connectivity index (χ3n) is 3.89. The van der Waals surface area contributed by atoms with Crippen LogP contribution in [0.2, 0.25) is 0 Å². The van der Waals surface area contributed by atoms with Crippen molar-refractivity contribution in [2.45, 2.75) is 20.3 Å². The van der Waals surface area contributed by atoms with Gasteiger partial charge in [0.05, 0.1) is 25.4 Å². The van der Waals surface area contributed by atoms with Gasteiger partial charge in [0.25, 0.3) is 10.1 Å². The second-order valence-corrected chi connectivity index (χ2v) is 7.05. The fraction of sp³-hybridized carbons (Fsp3) is 0.625. The minimum absolute atomic E-state index is 0.0643. The maximum atomic E-state index is 11.6. The van der Waals surface area contributed by atoms with Crippen molar-refractivity contribution in [1.82, 2.24) is 0 Å². The molecule has 8 nitrogen and oxygen atoms in total. The van der Waals surface area contributed by atoms with Gasteiger partial charge in [-0.2, -0.15) is 8.42 Å². The van der Waals surface area contributed by atoms with Crippen LogP contribution in [0.15, 0.2) is 24.8 Å². The molecule has 1 N–H and O–H groups in total. The molecule has 0 aromatic carbocycles. The van der Waals surface area contributed by atoms with Gasteiger partial charge in [-0.05, 0) is 13.8 Å². The second kappa shape index (κ2) is 11.8. The molecular weight excluding hydrogens is 350 g/mol. The van der Waals surface area contributed by atoms with E-state index in [2.05, 4.69) is 11.3 Å². The maximum Gasteiger partial charge on any atom is 0.331 e. The van der Waals surface area contributed by atoms with Crippen LogP contribution in [-0.4, -0.2) is 74.5 Å². The van der Waals surface area contributed by atoms with Crippen molar-refractivity contribution >= 4 is 22.1 Å². The first-order valence-corrected chi connectivity index (χ1v) is 9.71. The predicted molar refractivity (Wildman–Crippen MR) is 93.4 cm³/mol. The fourth-order valence-corrected chi connectivity index (χ4v) is 2.76. The van der Waals surface area contributed by atoms with Gasteiger partial charge < -0.3 is 14.0 Å². The van der Waals surface area contributed by atoms with E-state index in [1.165, 1.54) is 6.08 Å². The minimum atomic E-state index is -3.97. The first-order valence-electron chi connectivity index (χ1n) is 8.10. The summed E-state index contributed by atoms with van der Waals surface area (Å²) in [6, 6.07) is 0. The minimum Gasteiger partial charge on any atom is -0.458 e. The van der Waals surface area contributed by atoms with Gasteiger partial charge in [0.15, 0.2) is 0 Å². The van der Waals surface area contributed by atoms with Crippen LogP contribution in [0.5, 0.6) is 0 Å². The van der Waals surface area contributed by atoms with Gasteiger partial charge in [0, 0.05) is 18.6 Å². The van der Waals surface area contributed by atoms with Gasteiger partial charge in [0.1, 0.15) is 19.8 Å². The smallest absolute Gasteiger partial charge is 0.331 e. The molecule has 0 aromatic heterocycles. The second-order valence-electron chi connectivity index (χ2n) is 5.48. The third kappa shape index (κ3) is 11.5. The third-order valence-corrected chi connectivity index (χ3v) is 4.69. The molecule has 0 amide bonds. The Morgan fingerprint density at radius 2 is 1.64 bits per heavy atom. The lowest BCUT2D eigenvalue weighted by Gasteiger charge is -2.36. The lowest BCUT2D eigenvalue weighted by Crippen LogP contribution is -2.50. The van der Waals surface area contributed by atoms with Crippen molar-refractivity contribution in [1.29, 1.82) is 0 Å². The Bertz CT molecular complexity index is 565. The molecule has 25 heavy (non-hydrogen) atoms. The zero-order valence-corrected chi connectivity index (χ0v) is 15.7. The highest BCUT2D eigenvalue weighted by atomic mass is 32.2. The van der Waals surface area contributed by atoms with E-state index in [9.17, 15) is 18.0 Å². The molecule has 0 aliphatic carbocycles. The Balaban J connectivity index is 4.37. The molecule has 0 aliphatic heterocycles. The molecule has 0 saturated heterocycles. The molecule has 0 atom stereocenters. The molecule has 0 aromatic rings. The number of carbonyl (C=O) groups excluding carboxylic acids is 2. The van der Waals surface area contributed by atoms with Crippen molar-refractivity contribution in [2.24, 2.45) is 0 Å². The molecule has 0 bridgehead atoms. The largest absolute Gasteiger partial charge is 0.458 e. The fourth-order valence-electron chi connectivity index (χ4n) is 2.26. The Hall–Kier alpha value is -1.71. The molecule has 0 heterocycles. The molecule has 9 heteroatoms. The molecule has 0 radical (unpaired) electrons. The van der Waals surface area contributed by atoms with Crippen LogP contribution in [0.25, 0.3) is 0 Å². The highest BCUT2D eigenvalue weighted by Crippen LogP contribution is 2.09. The van der Waals surface area contributed by atoms with Gasteiger partial charge in [0.2, 0.25) is 0 Å². The monoisotopic (exact) mass is 378 g/mol. The topological polar surface area (TPSA) is 107 Å². The number of ether oxygens (including phenoxy) is 2. The van der Waals surface area contributed by atoms with Crippen molar-refractivity contribution in [3.05, 3.63) is 24.8 Å². The van der Waals surface area contributed by atoms with Crippen molar-refractivity contribution in [3.63, 3.8) is 0 Å². The molecule has 0 aliphatic rings. The number of esters is 2. The summed E-state index contributed by atoms with van der Waals surface area (Å²) in [4.78, 5) is 22.8. The zero-order chi connectivity index (χ0) is 19.3. The Morgan fingerprint density at radius 1 is 1.08 bits per heavy atom. The molecular formula is C16H28NO7S+. The van der Waals surface area contributed by atoms with Crippen LogP contribution >= 0.6 is 0 Å². The van der Waals surface area contributed by atoms with E-state index in [1.54, 1.807) is 0 Å². The van der Waals surface area contributed by atoms with Gasteiger partial charge in [-0.25, -0.2) is 9.59 Å². The van der Waals surface area contributed by atoms with Crippen LogP contribution in [0.4, 0.5) is 0 Å². The van der Waals surface area contributed by atoms with Gasteiger partial charge in [-0.15, -0.1) is 0 Å². The molecule has 0 fully saturated rings. The first kappa shape index (κ1) is 23.3. The van der Waals surface area contributed by atoms with Crippen LogP contribution in [0.1, 0.15) is 20.3 Å². The number of nitrogens with zero attached hydrogens (tertiary/aromatic N) is 1. The van der Waals surface area contributed by atoms with E-state index < -0.39 is 22.1 Å². The zero-order valence-electron chi connectivity index (χ0n) is 14.8. The number of quaternary nitrogens is 1. The predicted octanol–water partition coefficient (Wildman–Crippen LogP) is 0.950. The van der Waals surface area contributed by atoms with E-state index in [0.717, 1.165) is 25.2 Å². The lowest BCUT2D eigenvalue weighted by atomic mass is 10.3. The average molecular weight is 378 g/mol. The van der Waals surface area contributed by atoms with Crippen molar-refractivity contribution < 1.29 is 36.5 Å². The number of hydrogen-bond donors (Lipinski definition) is 1. The first-order chi connectivity index (χ1) is 11.7. The molecule has 0 saturated carbocycles. The number of likely N-dealkylation sites (N-methyl/N-ethyl adjacent to an activating group) is 1. The van der Waals surface area contributed by atoms with Crippen LogP contribution in [0, 0.1) is 0 Å².